The molecule has 116 valence electrons. The number of hydrogen-bond donors (Lipinski definition) is 0. The first-order valence-corrected chi connectivity index (χ1v) is 6.38. The first-order valence-electron chi connectivity index (χ1n) is 6.38. The van der Waals surface area contributed by atoms with Gasteiger partial charge < -0.3 is 9.64 Å². The molecule has 0 fully saturated rings. The molecule has 0 aliphatic rings. The predicted molar refractivity (Wildman–Crippen MR) is 75.0 cm³/mol. The van der Waals surface area contributed by atoms with Crippen LogP contribution >= 0.6 is 0 Å². The molecule has 1 rings (SSSR count). The van der Waals surface area contributed by atoms with Gasteiger partial charge in [-0.3, -0.25) is 4.79 Å². The Morgan fingerprint density at radius 3 is 2.52 bits per heavy atom. The summed E-state index contributed by atoms with van der Waals surface area (Å²) >= 11 is 0. The van der Waals surface area contributed by atoms with Gasteiger partial charge in [-0.05, 0) is 18.6 Å². The lowest BCUT2D eigenvalue weighted by atomic mass is 10.1. The number of carbonyl (C=O) groups is 1. The van der Waals surface area contributed by atoms with Gasteiger partial charge in [-0.1, -0.05) is 18.2 Å². The van der Waals surface area contributed by atoms with Gasteiger partial charge in [0, 0.05) is 25.2 Å². The lowest BCUT2D eigenvalue weighted by Crippen LogP contribution is -2.29. The molecule has 0 radical (unpaired) electrons. The van der Waals surface area contributed by atoms with E-state index in [1.807, 2.05) is 0 Å². The van der Waals surface area contributed by atoms with Gasteiger partial charge in [-0.15, -0.1) is 0 Å². The summed E-state index contributed by atoms with van der Waals surface area (Å²) in [6.07, 6.45) is -3.97. The molecule has 0 spiro atoms. The summed E-state index contributed by atoms with van der Waals surface area (Å²) in [7, 11) is 2.86. The quantitative estimate of drug-likeness (QED) is 0.779. The van der Waals surface area contributed by atoms with Gasteiger partial charge in [-0.2, -0.15) is 13.2 Å². The largest absolute Gasteiger partial charge is 0.496 e. The third kappa shape index (κ3) is 5.49. The number of rotatable bonds is 5. The number of allylic oxidation sites excluding steroid dienone is 1. The molecule has 0 saturated heterocycles. The molecule has 0 aliphatic heterocycles. The maximum Gasteiger partial charge on any atom is 0.390 e. The maximum absolute atomic E-state index is 12.1. The topological polar surface area (TPSA) is 29.5 Å². The van der Waals surface area contributed by atoms with Crippen LogP contribution in [0.5, 0.6) is 5.75 Å². The lowest BCUT2D eigenvalue weighted by Gasteiger charge is -2.17. The van der Waals surface area contributed by atoms with E-state index in [1.165, 1.54) is 20.2 Å². The number of ether oxygens (including phenoxy) is 1. The number of amides is 1. The molecule has 0 N–H and O–H groups in total. The predicted octanol–water partition coefficient (Wildman–Crippen LogP) is 3.51. The molecule has 0 heterocycles. The van der Waals surface area contributed by atoms with Crippen molar-refractivity contribution in [2.45, 2.75) is 19.5 Å². The number of nitrogens with zero attached hydrogens (tertiary/aromatic N) is 1. The minimum atomic E-state index is -4.27. The van der Waals surface area contributed by atoms with E-state index in [2.05, 4.69) is 0 Å². The number of methoxy groups -OCH3 is 1. The van der Waals surface area contributed by atoms with Gasteiger partial charge in [0.2, 0.25) is 5.91 Å². The fraction of sp³-hybridized carbons (Fsp3) is 0.400. The smallest absolute Gasteiger partial charge is 0.390 e. The minimum Gasteiger partial charge on any atom is -0.496 e. The zero-order valence-corrected chi connectivity index (χ0v) is 12.2. The van der Waals surface area contributed by atoms with Crippen molar-refractivity contribution >= 4 is 11.5 Å². The summed E-state index contributed by atoms with van der Waals surface area (Å²) in [5.74, 6) is 0.139. The molecular formula is C15H18F3NO2. The number of alkyl halides is 3. The fourth-order valence-electron chi connectivity index (χ4n) is 1.75. The number of para-hydroxylation sites is 1. The number of halogens is 3. The molecule has 0 saturated carbocycles. The van der Waals surface area contributed by atoms with Crippen LogP contribution in [0.2, 0.25) is 0 Å². The third-order valence-electron chi connectivity index (χ3n) is 2.98. The van der Waals surface area contributed by atoms with Crippen LogP contribution < -0.4 is 4.74 Å². The Balaban J connectivity index is 2.79. The van der Waals surface area contributed by atoms with Crippen molar-refractivity contribution in [3.05, 3.63) is 35.9 Å². The van der Waals surface area contributed by atoms with Crippen molar-refractivity contribution in [2.75, 3.05) is 20.7 Å². The Kier molecular flexibility index (Phi) is 5.81. The van der Waals surface area contributed by atoms with Crippen LogP contribution in [0.4, 0.5) is 13.2 Å². The normalized spacial score (nSPS) is 12.2. The second-order valence-corrected chi connectivity index (χ2v) is 4.65. The summed E-state index contributed by atoms with van der Waals surface area (Å²) in [5.41, 5.74) is 1.37. The van der Waals surface area contributed by atoms with Crippen molar-refractivity contribution in [2.24, 2.45) is 0 Å². The molecule has 0 bridgehead atoms. The van der Waals surface area contributed by atoms with E-state index in [4.69, 9.17) is 4.74 Å². The van der Waals surface area contributed by atoms with Crippen molar-refractivity contribution in [1.82, 2.24) is 4.90 Å². The van der Waals surface area contributed by atoms with Gasteiger partial charge in [0.25, 0.3) is 0 Å². The Morgan fingerprint density at radius 2 is 1.95 bits per heavy atom. The molecule has 21 heavy (non-hydrogen) atoms. The van der Waals surface area contributed by atoms with Crippen LogP contribution in [0.15, 0.2) is 30.3 Å². The average Bonchev–Trinajstić information content (AvgIpc) is 2.43. The maximum atomic E-state index is 12.1. The van der Waals surface area contributed by atoms with E-state index >= 15 is 0 Å². The van der Waals surface area contributed by atoms with Crippen LogP contribution in [-0.4, -0.2) is 37.7 Å². The molecular weight excluding hydrogens is 283 g/mol. The van der Waals surface area contributed by atoms with Crippen LogP contribution in [-0.2, 0) is 4.79 Å². The van der Waals surface area contributed by atoms with Gasteiger partial charge in [-0.25, -0.2) is 0 Å². The number of carbonyl (C=O) groups excluding carboxylic acids is 1. The molecule has 6 heteroatoms. The number of benzene rings is 1. The molecule has 3 nitrogen and oxygen atoms in total. The lowest BCUT2D eigenvalue weighted by molar-refractivity contribution is -0.142. The zero-order valence-electron chi connectivity index (χ0n) is 12.2. The third-order valence-corrected chi connectivity index (χ3v) is 2.98. The minimum absolute atomic E-state index is 0.363. The average molecular weight is 301 g/mol. The van der Waals surface area contributed by atoms with E-state index in [-0.39, 0.29) is 6.54 Å². The van der Waals surface area contributed by atoms with Gasteiger partial charge in [0.1, 0.15) is 5.75 Å². The van der Waals surface area contributed by atoms with E-state index in [9.17, 15) is 18.0 Å². The van der Waals surface area contributed by atoms with E-state index in [0.717, 1.165) is 10.5 Å². The highest BCUT2D eigenvalue weighted by Crippen LogP contribution is 2.25. The highest BCUT2D eigenvalue weighted by molar-refractivity contribution is 5.95. The molecule has 0 aliphatic carbocycles. The second-order valence-electron chi connectivity index (χ2n) is 4.65. The molecule has 0 unspecified atom stereocenters. The number of likely N-dealkylation sites (N-methyl/N-ethyl adjacent to an activating group) is 1. The summed E-state index contributed by atoms with van der Waals surface area (Å²) in [6, 6.07) is 7.14. The Morgan fingerprint density at radius 1 is 1.33 bits per heavy atom. The first-order chi connectivity index (χ1) is 9.74. The SMILES string of the molecule is COc1ccccc1/C(C)=C\C(=O)N(C)CCC(F)(F)F. The highest BCUT2D eigenvalue weighted by atomic mass is 19.4. The highest BCUT2D eigenvalue weighted by Gasteiger charge is 2.27. The molecule has 1 amide bonds. The van der Waals surface area contributed by atoms with Crippen LogP contribution in [0.3, 0.4) is 0 Å². The molecule has 1 aromatic carbocycles. The number of hydrogen-bond acceptors (Lipinski definition) is 2. The van der Waals surface area contributed by atoms with Crippen molar-refractivity contribution in [3.63, 3.8) is 0 Å². The Labute approximate surface area is 122 Å². The van der Waals surface area contributed by atoms with E-state index < -0.39 is 18.5 Å². The van der Waals surface area contributed by atoms with E-state index in [1.54, 1.807) is 31.2 Å². The van der Waals surface area contributed by atoms with E-state index in [0.29, 0.717) is 11.3 Å². The fourth-order valence-corrected chi connectivity index (χ4v) is 1.75. The zero-order chi connectivity index (χ0) is 16.0. The van der Waals surface area contributed by atoms with Gasteiger partial charge in [0.05, 0.1) is 13.5 Å². The summed E-state index contributed by atoms with van der Waals surface area (Å²) in [5, 5.41) is 0. The summed E-state index contributed by atoms with van der Waals surface area (Å²) in [6.45, 7) is 1.35. The standard InChI is InChI=1S/C15H18F3NO2/c1-11(12-6-4-5-7-13(12)21-3)10-14(20)19(2)9-8-15(16,17)18/h4-7,10H,8-9H2,1-3H3/b11-10-. The summed E-state index contributed by atoms with van der Waals surface area (Å²) < 4.78 is 41.6. The van der Waals surface area contributed by atoms with Crippen LogP contribution in [0.1, 0.15) is 18.9 Å². The van der Waals surface area contributed by atoms with Gasteiger partial charge in [0.15, 0.2) is 0 Å². The van der Waals surface area contributed by atoms with Gasteiger partial charge >= 0.3 is 6.18 Å². The summed E-state index contributed by atoms with van der Waals surface area (Å²) in [4.78, 5) is 12.9. The molecule has 0 atom stereocenters. The second kappa shape index (κ2) is 7.15. The van der Waals surface area contributed by atoms with Crippen LogP contribution in [0, 0.1) is 0 Å². The molecule has 0 aromatic heterocycles. The van der Waals surface area contributed by atoms with Crippen molar-refractivity contribution < 1.29 is 22.7 Å². The first kappa shape index (κ1) is 17.1. The van der Waals surface area contributed by atoms with Crippen molar-refractivity contribution in [1.29, 1.82) is 0 Å². The molecule has 1 aromatic rings. The Bertz CT molecular complexity index is 524. The van der Waals surface area contributed by atoms with Crippen molar-refractivity contribution in [3.8, 4) is 5.75 Å². The monoisotopic (exact) mass is 301 g/mol. The Hall–Kier alpha value is -1.98. The van der Waals surface area contributed by atoms with Crippen LogP contribution in [0.25, 0.3) is 5.57 Å².